The van der Waals surface area contributed by atoms with Crippen LogP contribution in [0.25, 0.3) is 15.9 Å². The van der Waals surface area contributed by atoms with Gasteiger partial charge in [-0.2, -0.15) is 5.10 Å². The molecule has 1 saturated heterocycles. The Labute approximate surface area is 201 Å². The molecule has 1 aliphatic rings. The maximum absolute atomic E-state index is 13.1. The van der Waals surface area contributed by atoms with Gasteiger partial charge < -0.3 is 10.1 Å². The predicted molar refractivity (Wildman–Crippen MR) is 133 cm³/mol. The van der Waals surface area contributed by atoms with Crippen molar-refractivity contribution in [1.29, 1.82) is 0 Å². The number of carbonyl (C=O) groups excluding carboxylic acids is 1. The van der Waals surface area contributed by atoms with Crippen molar-refractivity contribution < 1.29 is 9.53 Å². The normalized spacial score (nSPS) is 15.4. The van der Waals surface area contributed by atoms with Crippen LogP contribution in [0, 0.1) is 6.92 Å². The van der Waals surface area contributed by atoms with Crippen LogP contribution in [0.2, 0.25) is 0 Å². The second kappa shape index (κ2) is 10.1. The number of aryl methyl sites for hydroxylation is 1. The number of rotatable bonds is 6. The van der Waals surface area contributed by atoms with E-state index in [1.54, 1.807) is 11.3 Å². The third kappa shape index (κ3) is 4.60. The first kappa shape index (κ1) is 22.9. The standard InChI is InChI=1S/C23H24N4O2S2.ClH/c1-16-18-14-21(31-23(18)27(25-16)17-6-3-2-4-7-17)22(28)24-15-19(20-8-5-13-30-20)26-9-11-29-12-10-26;/h2-8,13-14,19H,9-12,15H2,1H3,(H,24,28);1H. The predicted octanol–water partition coefficient (Wildman–Crippen LogP) is 4.68. The third-order valence-corrected chi connectivity index (χ3v) is 7.67. The minimum absolute atomic E-state index is 0. The number of halogens is 1. The van der Waals surface area contributed by atoms with Gasteiger partial charge in [0.05, 0.1) is 35.5 Å². The maximum Gasteiger partial charge on any atom is 0.261 e. The molecule has 3 aromatic heterocycles. The molecule has 1 aromatic carbocycles. The smallest absolute Gasteiger partial charge is 0.261 e. The third-order valence-electron chi connectivity index (χ3n) is 5.58. The molecule has 5 rings (SSSR count). The highest BCUT2D eigenvalue weighted by atomic mass is 35.5. The molecule has 4 aromatic rings. The maximum atomic E-state index is 13.1. The minimum atomic E-state index is -0.0324. The highest BCUT2D eigenvalue weighted by Crippen LogP contribution is 2.31. The first-order valence-electron chi connectivity index (χ1n) is 10.4. The number of fused-ring (bicyclic) bond motifs is 1. The summed E-state index contributed by atoms with van der Waals surface area (Å²) in [6, 6.07) is 16.4. The minimum Gasteiger partial charge on any atom is -0.379 e. The Balaban J connectivity index is 0.00000245. The van der Waals surface area contributed by atoms with Crippen LogP contribution in [0.15, 0.2) is 53.9 Å². The van der Waals surface area contributed by atoms with Crippen LogP contribution < -0.4 is 5.32 Å². The van der Waals surface area contributed by atoms with E-state index in [1.165, 1.54) is 16.2 Å². The molecule has 1 amide bonds. The van der Waals surface area contributed by atoms with Crippen molar-refractivity contribution in [3.05, 3.63) is 69.4 Å². The van der Waals surface area contributed by atoms with E-state index >= 15 is 0 Å². The van der Waals surface area contributed by atoms with Gasteiger partial charge in [-0.1, -0.05) is 24.3 Å². The molecule has 1 atom stereocenters. The topological polar surface area (TPSA) is 59.4 Å². The molecule has 0 spiro atoms. The molecule has 0 bridgehead atoms. The fourth-order valence-corrected chi connectivity index (χ4v) is 5.92. The number of carbonyl (C=O) groups is 1. The molecule has 0 saturated carbocycles. The molecule has 1 N–H and O–H groups in total. The van der Waals surface area contributed by atoms with Gasteiger partial charge in [0.25, 0.3) is 5.91 Å². The zero-order valence-corrected chi connectivity index (χ0v) is 20.1. The van der Waals surface area contributed by atoms with Gasteiger partial charge >= 0.3 is 0 Å². The van der Waals surface area contributed by atoms with E-state index in [2.05, 4.69) is 32.8 Å². The number of benzene rings is 1. The number of morpholine rings is 1. The molecular weight excluding hydrogens is 464 g/mol. The number of hydrogen-bond donors (Lipinski definition) is 1. The Morgan fingerprint density at radius 1 is 1.19 bits per heavy atom. The van der Waals surface area contributed by atoms with Crippen LogP contribution in [-0.4, -0.2) is 53.4 Å². The summed E-state index contributed by atoms with van der Waals surface area (Å²) in [6.07, 6.45) is 0. The Morgan fingerprint density at radius 2 is 1.97 bits per heavy atom. The van der Waals surface area contributed by atoms with Gasteiger partial charge in [-0.15, -0.1) is 35.1 Å². The zero-order valence-electron chi connectivity index (χ0n) is 17.7. The van der Waals surface area contributed by atoms with Gasteiger partial charge in [0.2, 0.25) is 0 Å². The summed E-state index contributed by atoms with van der Waals surface area (Å²) in [5, 5.41) is 11.0. The van der Waals surface area contributed by atoms with Gasteiger partial charge in [-0.05, 0) is 36.6 Å². The van der Waals surface area contributed by atoms with E-state index in [0.717, 1.165) is 47.9 Å². The molecule has 32 heavy (non-hydrogen) atoms. The van der Waals surface area contributed by atoms with E-state index in [0.29, 0.717) is 11.4 Å². The van der Waals surface area contributed by atoms with Crippen LogP contribution in [0.4, 0.5) is 0 Å². The van der Waals surface area contributed by atoms with E-state index in [-0.39, 0.29) is 24.4 Å². The summed E-state index contributed by atoms with van der Waals surface area (Å²) in [6.45, 7) is 5.81. The summed E-state index contributed by atoms with van der Waals surface area (Å²) < 4.78 is 7.44. The number of hydrogen-bond acceptors (Lipinski definition) is 6. The molecular formula is C23H25ClN4O2S2. The fraction of sp³-hybridized carbons (Fsp3) is 0.304. The Morgan fingerprint density at radius 3 is 2.69 bits per heavy atom. The van der Waals surface area contributed by atoms with Crippen molar-refractivity contribution >= 4 is 51.2 Å². The molecule has 168 valence electrons. The largest absolute Gasteiger partial charge is 0.379 e. The summed E-state index contributed by atoms with van der Waals surface area (Å²) in [4.78, 5) is 18.4. The Kier molecular flexibility index (Phi) is 7.27. The van der Waals surface area contributed by atoms with Crippen molar-refractivity contribution in [3.63, 3.8) is 0 Å². The lowest BCUT2D eigenvalue weighted by molar-refractivity contribution is 0.0169. The highest BCUT2D eigenvalue weighted by molar-refractivity contribution is 7.20. The Hall–Kier alpha value is -2.23. The fourth-order valence-electron chi connectivity index (χ4n) is 3.96. The lowest BCUT2D eigenvalue weighted by Crippen LogP contribution is -2.43. The van der Waals surface area contributed by atoms with Crippen molar-refractivity contribution in [2.45, 2.75) is 13.0 Å². The number of aromatic nitrogens is 2. The van der Waals surface area contributed by atoms with Gasteiger partial charge in [0.15, 0.2) is 0 Å². The highest BCUT2D eigenvalue weighted by Gasteiger charge is 2.25. The van der Waals surface area contributed by atoms with Crippen LogP contribution in [0.1, 0.15) is 26.3 Å². The van der Waals surface area contributed by atoms with Crippen LogP contribution in [-0.2, 0) is 4.74 Å². The van der Waals surface area contributed by atoms with Gasteiger partial charge in [-0.3, -0.25) is 9.69 Å². The Bertz CT molecular complexity index is 1170. The molecule has 1 unspecified atom stereocenters. The van der Waals surface area contributed by atoms with Gasteiger partial charge in [0, 0.05) is 29.9 Å². The van der Waals surface area contributed by atoms with Crippen molar-refractivity contribution in [3.8, 4) is 5.69 Å². The second-order valence-electron chi connectivity index (χ2n) is 7.55. The molecule has 6 nitrogen and oxygen atoms in total. The van der Waals surface area contributed by atoms with Gasteiger partial charge in [-0.25, -0.2) is 4.68 Å². The summed E-state index contributed by atoms with van der Waals surface area (Å²) in [5.41, 5.74) is 1.93. The van der Waals surface area contributed by atoms with Crippen molar-refractivity contribution in [2.24, 2.45) is 0 Å². The number of nitrogens with one attached hydrogen (secondary N) is 1. The molecule has 0 radical (unpaired) electrons. The average Bonchev–Trinajstić information content (AvgIpc) is 3.54. The molecule has 0 aliphatic carbocycles. The molecule has 1 fully saturated rings. The van der Waals surface area contributed by atoms with E-state index in [4.69, 9.17) is 4.74 Å². The average molecular weight is 489 g/mol. The number of ether oxygens (including phenoxy) is 1. The first-order chi connectivity index (χ1) is 15.2. The zero-order chi connectivity index (χ0) is 21.2. The van der Waals surface area contributed by atoms with Crippen LogP contribution in [0.3, 0.4) is 0 Å². The first-order valence-corrected chi connectivity index (χ1v) is 12.1. The summed E-state index contributed by atoms with van der Waals surface area (Å²) in [5.74, 6) is -0.0324. The monoisotopic (exact) mass is 488 g/mol. The lowest BCUT2D eigenvalue weighted by atomic mass is 10.2. The van der Waals surface area contributed by atoms with E-state index in [1.807, 2.05) is 48.0 Å². The quantitative estimate of drug-likeness (QED) is 0.428. The molecule has 9 heteroatoms. The molecule has 1 aliphatic heterocycles. The number of amides is 1. The number of para-hydroxylation sites is 1. The lowest BCUT2D eigenvalue weighted by Gasteiger charge is -2.34. The second-order valence-corrected chi connectivity index (χ2v) is 9.56. The van der Waals surface area contributed by atoms with E-state index < -0.39 is 0 Å². The van der Waals surface area contributed by atoms with Gasteiger partial charge in [0.1, 0.15) is 4.83 Å². The molecule has 4 heterocycles. The van der Waals surface area contributed by atoms with E-state index in [9.17, 15) is 4.79 Å². The number of nitrogens with zero attached hydrogens (tertiary/aromatic N) is 3. The summed E-state index contributed by atoms with van der Waals surface area (Å²) in [7, 11) is 0. The SMILES string of the molecule is Cc1nn(-c2ccccc2)c2sc(C(=O)NCC(c3cccs3)N3CCOCC3)cc12.Cl. The number of thiophene rings is 2. The summed E-state index contributed by atoms with van der Waals surface area (Å²) >= 11 is 3.23. The van der Waals surface area contributed by atoms with Crippen LogP contribution >= 0.6 is 35.1 Å². The van der Waals surface area contributed by atoms with Crippen molar-refractivity contribution in [2.75, 3.05) is 32.8 Å². The van der Waals surface area contributed by atoms with Crippen LogP contribution in [0.5, 0.6) is 0 Å². The van der Waals surface area contributed by atoms with Crippen molar-refractivity contribution in [1.82, 2.24) is 20.0 Å².